The molecule has 0 spiro atoms. The lowest BCUT2D eigenvalue weighted by atomic mass is 9.88. The Kier molecular flexibility index (Phi) is 7.63. The number of rotatable bonds is 7. The van der Waals surface area contributed by atoms with E-state index in [1.54, 1.807) is 6.07 Å². The monoisotopic (exact) mass is 427 g/mol. The Bertz CT molecular complexity index is 856. The molecule has 30 heavy (non-hydrogen) atoms. The zero-order chi connectivity index (χ0) is 21.5. The van der Waals surface area contributed by atoms with Crippen molar-refractivity contribution in [3.63, 3.8) is 0 Å². The van der Waals surface area contributed by atoms with Crippen LogP contribution in [0.3, 0.4) is 0 Å². The van der Waals surface area contributed by atoms with E-state index in [9.17, 15) is 14.4 Å². The van der Waals surface area contributed by atoms with Gasteiger partial charge < -0.3 is 15.5 Å². The van der Waals surface area contributed by atoms with E-state index in [1.807, 2.05) is 54.5 Å². The summed E-state index contributed by atoms with van der Waals surface area (Å²) in [5.74, 6) is -0.360. The summed E-state index contributed by atoms with van der Waals surface area (Å²) in [5.41, 5.74) is 1.80. The summed E-state index contributed by atoms with van der Waals surface area (Å²) in [5, 5.41) is 7.69. The quantitative estimate of drug-likeness (QED) is 0.712. The Labute approximate surface area is 181 Å². The largest absolute Gasteiger partial charge is 0.354 e. The summed E-state index contributed by atoms with van der Waals surface area (Å²) in [4.78, 5) is 40.6. The highest BCUT2D eigenvalue weighted by atomic mass is 32.1. The Hall–Kier alpha value is -2.67. The number of hydrogen-bond acceptors (Lipinski definition) is 4. The molecular weight excluding hydrogens is 398 g/mol. The van der Waals surface area contributed by atoms with Crippen LogP contribution in [0.4, 0.5) is 0 Å². The van der Waals surface area contributed by atoms with Crippen molar-refractivity contribution in [3.8, 4) is 0 Å². The first kappa shape index (κ1) is 22.0. The molecule has 6 nitrogen and oxygen atoms in total. The Balaban J connectivity index is 1.64. The number of aryl methyl sites for hydroxylation is 1. The third-order valence-corrected chi connectivity index (χ3v) is 6.33. The molecule has 3 amide bonds. The highest BCUT2D eigenvalue weighted by molar-refractivity contribution is 7.12. The average molecular weight is 428 g/mol. The van der Waals surface area contributed by atoms with Crippen molar-refractivity contribution in [1.82, 2.24) is 15.5 Å². The molecule has 3 rings (SSSR count). The van der Waals surface area contributed by atoms with Crippen LogP contribution >= 0.6 is 11.3 Å². The van der Waals surface area contributed by atoms with Crippen LogP contribution in [0.5, 0.6) is 0 Å². The Morgan fingerprint density at radius 1 is 1.13 bits per heavy atom. The second-order valence-electron chi connectivity index (χ2n) is 7.72. The van der Waals surface area contributed by atoms with Gasteiger partial charge in [-0.3, -0.25) is 14.4 Å². The van der Waals surface area contributed by atoms with Gasteiger partial charge in [-0.25, -0.2) is 0 Å². The van der Waals surface area contributed by atoms with Crippen LogP contribution in [0.2, 0.25) is 0 Å². The van der Waals surface area contributed by atoms with Gasteiger partial charge in [0, 0.05) is 25.2 Å². The summed E-state index contributed by atoms with van der Waals surface area (Å²) in [6.45, 7) is 5.71. The number of carbonyl (C=O) groups excluding carboxylic acids is 3. The smallest absolute Gasteiger partial charge is 0.262 e. The van der Waals surface area contributed by atoms with Crippen molar-refractivity contribution in [2.24, 2.45) is 5.92 Å². The van der Waals surface area contributed by atoms with Crippen LogP contribution in [0, 0.1) is 12.8 Å². The van der Waals surface area contributed by atoms with Gasteiger partial charge in [0.05, 0.1) is 4.88 Å². The zero-order valence-corrected chi connectivity index (χ0v) is 18.3. The SMILES string of the molecule is CCCNC(=O)[C@@H](NC(=O)c1cccs1)C1CCN(C(=O)c2ccc(C)cc2)CC1. The maximum atomic E-state index is 12.8. The summed E-state index contributed by atoms with van der Waals surface area (Å²) in [6, 6.07) is 10.6. The molecule has 1 fully saturated rings. The molecule has 0 aliphatic carbocycles. The third kappa shape index (κ3) is 5.48. The molecular formula is C23H29N3O3S. The molecule has 0 unspecified atom stereocenters. The van der Waals surface area contributed by atoms with Gasteiger partial charge >= 0.3 is 0 Å². The predicted octanol–water partition coefficient (Wildman–Crippen LogP) is 3.23. The van der Waals surface area contributed by atoms with E-state index in [1.165, 1.54) is 11.3 Å². The molecule has 2 aromatic rings. The maximum absolute atomic E-state index is 12.8. The minimum absolute atomic E-state index is 0.00663. The number of piperidine rings is 1. The van der Waals surface area contributed by atoms with Crippen LogP contribution in [0.15, 0.2) is 41.8 Å². The van der Waals surface area contributed by atoms with E-state index < -0.39 is 6.04 Å². The lowest BCUT2D eigenvalue weighted by Crippen LogP contribution is -2.53. The maximum Gasteiger partial charge on any atom is 0.262 e. The zero-order valence-electron chi connectivity index (χ0n) is 17.5. The van der Waals surface area contributed by atoms with E-state index in [0.717, 1.165) is 12.0 Å². The van der Waals surface area contributed by atoms with Crippen molar-refractivity contribution in [1.29, 1.82) is 0 Å². The molecule has 0 radical (unpaired) electrons. The normalized spacial score (nSPS) is 15.5. The number of thiophene rings is 1. The van der Waals surface area contributed by atoms with Crippen LogP contribution < -0.4 is 10.6 Å². The first-order chi connectivity index (χ1) is 14.5. The molecule has 1 saturated heterocycles. The van der Waals surface area contributed by atoms with Gasteiger partial charge in [-0.2, -0.15) is 0 Å². The Morgan fingerprint density at radius 2 is 1.83 bits per heavy atom. The van der Waals surface area contributed by atoms with Crippen LogP contribution in [-0.2, 0) is 4.79 Å². The minimum atomic E-state index is -0.595. The van der Waals surface area contributed by atoms with Gasteiger partial charge in [-0.15, -0.1) is 11.3 Å². The van der Waals surface area contributed by atoms with E-state index in [0.29, 0.717) is 42.9 Å². The summed E-state index contributed by atoms with van der Waals surface area (Å²) in [7, 11) is 0. The van der Waals surface area contributed by atoms with E-state index >= 15 is 0 Å². The molecule has 160 valence electrons. The van der Waals surface area contributed by atoms with Crippen LogP contribution in [0.1, 0.15) is 51.8 Å². The standard InChI is InChI=1S/C23H29N3O3S/c1-3-12-24-22(28)20(25-21(27)19-5-4-15-30-19)17-10-13-26(14-11-17)23(29)18-8-6-16(2)7-9-18/h4-9,15,17,20H,3,10-14H2,1-2H3,(H,24,28)(H,25,27)/t20-/m0/s1. The summed E-state index contributed by atoms with van der Waals surface area (Å²) >= 11 is 1.36. The topological polar surface area (TPSA) is 78.5 Å². The number of nitrogens with zero attached hydrogens (tertiary/aromatic N) is 1. The molecule has 1 aromatic carbocycles. The van der Waals surface area contributed by atoms with E-state index in [4.69, 9.17) is 0 Å². The number of carbonyl (C=O) groups is 3. The number of hydrogen-bond donors (Lipinski definition) is 2. The predicted molar refractivity (Wildman–Crippen MR) is 119 cm³/mol. The summed E-state index contributed by atoms with van der Waals surface area (Å²) in [6.07, 6.45) is 2.18. The van der Waals surface area contributed by atoms with E-state index in [-0.39, 0.29) is 23.6 Å². The minimum Gasteiger partial charge on any atom is -0.354 e. The second kappa shape index (κ2) is 10.4. The highest BCUT2D eigenvalue weighted by Gasteiger charge is 2.34. The molecule has 2 N–H and O–H groups in total. The second-order valence-corrected chi connectivity index (χ2v) is 8.66. The molecule has 1 aliphatic heterocycles. The molecule has 2 heterocycles. The van der Waals surface area contributed by atoms with Crippen LogP contribution in [-0.4, -0.2) is 48.3 Å². The highest BCUT2D eigenvalue weighted by Crippen LogP contribution is 2.23. The first-order valence-corrected chi connectivity index (χ1v) is 11.4. The van der Waals surface area contributed by atoms with Gasteiger partial charge in [0.15, 0.2) is 0 Å². The lowest BCUT2D eigenvalue weighted by molar-refractivity contribution is -0.124. The molecule has 0 saturated carbocycles. The van der Waals surface area contributed by atoms with Crippen molar-refractivity contribution < 1.29 is 14.4 Å². The van der Waals surface area contributed by atoms with Gasteiger partial charge in [-0.05, 0) is 55.7 Å². The lowest BCUT2D eigenvalue weighted by Gasteiger charge is -2.35. The molecule has 1 aromatic heterocycles. The molecule has 1 atom stereocenters. The molecule has 0 bridgehead atoms. The fourth-order valence-corrected chi connectivity index (χ4v) is 4.32. The number of likely N-dealkylation sites (tertiary alicyclic amines) is 1. The molecule has 7 heteroatoms. The molecule has 1 aliphatic rings. The van der Waals surface area contributed by atoms with Gasteiger partial charge in [0.2, 0.25) is 5.91 Å². The van der Waals surface area contributed by atoms with Gasteiger partial charge in [0.25, 0.3) is 11.8 Å². The van der Waals surface area contributed by atoms with Gasteiger partial charge in [-0.1, -0.05) is 30.7 Å². The average Bonchev–Trinajstić information content (AvgIpc) is 3.31. The number of amides is 3. The van der Waals surface area contributed by atoms with Crippen molar-refractivity contribution >= 4 is 29.1 Å². The fourth-order valence-electron chi connectivity index (χ4n) is 3.69. The third-order valence-electron chi connectivity index (χ3n) is 5.46. The van der Waals surface area contributed by atoms with Crippen LogP contribution in [0.25, 0.3) is 0 Å². The first-order valence-electron chi connectivity index (χ1n) is 10.5. The van der Waals surface area contributed by atoms with Gasteiger partial charge in [0.1, 0.15) is 6.04 Å². The summed E-state index contributed by atoms with van der Waals surface area (Å²) < 4.78 is 0. The van der Waals surface area contributed by atoms with Crippen molar-refractivity contribution in [2.75, 3.05) is 19.6 Å². The van der Waals surface area contributed by atoms with Crippen molar-refractivity contribution in [2.45, 2.75) is 39.2 Å². The Morgan fingerprint density at radius 3 is 2.43 bits per heavy atom. The number of nitrogens with one attached hydrogen (secondary N) is 2. The van der Waals surface area contributed by atoms with Crippen molar-refractivity contribution in [3.05, 3.63) is 57.8 Å². The number of benzene rings is 1. The van der Waals surface area contributed by atoms with E-state index in [2.05, 4.69) is 10.6 Å². The fraction of sp³-hybridized carbons (Fsp3) is 0.435.